The monoisotopic (exact) mass is 435 g/mol. The Labute approximate surface area is 188 Å². The second-order valence-electron chi connectivity index (χ2n) is 6.93. The van der Waals surface area contributed by atoms with Crippen LogP contribution in [0.5, 0.6) is 11.5 Å². The number of anilines is 1. The highest BCUT2D eigenvalue weighted by Crippen LogP contribution is 2.30. The summed E-state index contributed by atoms with van der Waals surface area (Å²) in [6.07, 6.45) is 0.403. The molecule has 0 bridgehead atoms. The number of aryl methyl sites for hydroxylation is 1. The fourth-order valence-electron chi connectivity index (χ4n) is 3.20. The van der Waals surface area contributed by atoms with Crippen molar-refractivity contribution in [1.82, 2.24) is 5.43 Å². The highest BCUT2D eigenvalue weighted by Gasteiger charge is 2.11. The maximum absolute atomic E-state index is 11.6. The predicted octanol–water partition coefficient (Wildman–Crippen LogP) is 4.10. The number of nitrogens with two attached hydrogens (primary N) is 1. The SMILES string of the molecule is CNc1cccc(OC)c1COc1ccc(-c2cccc(C(C)=O)c2)cc1C.NNC=O. The van der Waals surface area contributed by atoms with E-state index in [1.807, 2.05) is 68.6 Å². The average Bonchev–Trinajstić information content (AvgIpc) is 2.83. The van der Waals surface area contributed by atoms with Crippen LogP contribution in [0.25, 0.3) is 11.1 Å². The summed E-state index contributed by atoms with van der Waals surface area (Å²) in [6.45, 7) is 4.01. The fourth-order valence-corrected chi connectivity index (χ4v) is 3.20. The van der Waals surface area contributed by atoms with E-state index in [-0.39, 0.29) is 5.78 Å². The van der Waals surface area contributed by atoms with Crippen LogP contribution in [0.15, 0.2) is 60.7 Å². The minimum absolute atomic E-state index is 0.0654. The number of ketones is 1. The summed E-state index contributed by atoms with van der Waals surface area (Å²) in [4.78, 5) is 20.6. The zero-order valence-corrected chi connectivity index (χ0v) is 18.8. The number of rotatable bonds is 8. The van der Waals surface area contributed by atoms with Gasteiger partial charge >= 0.3 is 0 Å². The zero-order chi connectivity index (χ0) is 23.5. The van der Waals surface area contributed by atoms with E-state index in [4.69, 9.17) is 14.3 Å². The molecule has 0 aliphatic rings. The summed E-state index contributed by atoms with van der Waals surface area (Å²) >= 11 is 0. The van der Waals surface area contributed by atoms with Crippen molar-refractivity contribution in [3.05, 3.63) is 77.4 Å². The lowest BCUT2D eigenvalue weighted by atomic mass is 10.00. The van der Waals surface area contributed by atoms with E-state index >= 15 is 0 Å². The lowest BCUT2D eigenvalue weighted by Gasteiger charge is -2.16. The molecular formula is C25H29N3O4. The van der Waals surface area contributed by atoms with Gasteiger partial charge in [0.2, 0.25) is 6.41 Å². The van der Waals surface area contributed by atoms with Crippen molar-refractivity contribution < 1.29 is 19.1 Å². The Morgan fingerprint density at radius 1 is 1.03 bits per heavy atom. The average molecular weight is 436 g/mol. The normalized spacial score (nSPS) is 9.78. The van der Waals surface area contributed by atoms with Crippen LogP contribution in [0, 0.1) is 6.92 Å². The van der Waals surface area contributed by atoms with Crippen molar-refractivity contribution in [2.24, 2.45) is 5.84 Å². The number of carbonyl (C=O) groups is 2. The van der Waals surface area contributed by atoms with E-state index in [0.29, 0.717) is 18.6 Å². The van der Waals surface area contributed by atoms with Gasteiger partial charge in [0.15, 0.2) is 5.78 Å². The maximum atomic E-state index is 11.6. The van der Waals surface area contributed by atoms with Crippen LogP contribution in [0.1, 0.15) is 28.4 Å². The first kappa shape index (κ1) is 24.4. The van der Waals surface area contributed by atoms with Crippen LogP contribution in [0.4, 0.5) is 5.69 Å². The molecule has 7 heteroatoms. The molecule has 0 aliphatic heterocycles. The number of methoxy groups -OCH3 is 1. The minimum Gasteiger partial charge on any atom is -0.496 e. The summed E-state index contributed by atoms with van der Waals surface area (Å²) in [5, 5.41) is 3.18. The largest absolute Gasteiger partial charge is 0.496 e. The molecule has 0 radical (unpaired) electrons. The van der Waals surface area contributed by atoms with Gasteiger partial charge in [-0.2, -0.15) is 0 Å². The molecule has 0 fully saturated rings. The van der Waals surface area contributed by atoms with Crippen LogP contribution in [-0.2, 0) is 11.4 Å². The van der Waals surface area contributed by atoms with Crippen LogP contribution in [0.2, 0.25) is 0 Å². The summed E-state index contributed by atoms with van der Waals surface area (Å²) in [7, 11) is 3.54. The van der Waals surface area contributed by atoms with E-state index in [9.17, 15) is 4.79 Å². The molecule has 1 amide bonds. The third-order valence-electron chi connectivity index (χ3n) is 4.84. The van der Waals surface area contributed by atoms with Gasteiger partial charge in [0, 0.05) is 18.3 Å². The molecule has 3 rings (SSSR count). The van der Waals surface area contributed by atoms with Crippen LogP contribution < -0.4 is 26.1 Å². The molecule has 4 N–H and O–H groups in total. The van der Waals surface area contributed by atoms with Crippen molar-refractivity contribution in [2.45, 2.75) is 20.5 Å². The van der Waals surface area contributed by atoms with Gasteiger partial charge in [-0.25, -0.2) is 5.84 Å². The molecule has 32 heavy (non-hydrogen) atoms. The second-order valence-corrected chi connectivity index (χ2v) is 6.93. The number of hydrazine groups is 1. The third kappa shape index (κ3) is 6.33. The van der Waals surface area contributed by atoms with Gasteiger partial charge in [-0.05, 0) is 60.9 Å². The highest BCUT2D eigenvalue weighted by atomic mass is 16.5. The second kappa shape index (κ2) is 12.1. The van der Waals surface area contributed by atoms with Crippen molar-refractivity contribution in [1.29, 1.82) is 0 Å². The zero-order valence-electron chi connectivity index (χ0n) is 18.8. The van der Waals surface area contributed by atoms with Crippen molar-refractivity contribution in [2.75, 3.05) is 19.5 Å². The molecule has 7 nitrogen and oxygen atoms in total. The summed E-state index contributed by atoms with van der Waals surface area (Å²) in [5.41, 5.74) is 7.53. The molecule has 3 aromatic carbocycles. The molecule has 3 aromatic rings. The van der Waals surface area contributed by atoms with Gasteiger partial charge in [-0.3, -0.25) is 15.0 Å². The molecule has 0 saturated carbocycles. The first-order chi connectivity index (χ1) is 15.4. The first-order valence-corrected chi connectivity index (χ1v) is 10.0. The molecule has 0 saturated heterocycles. The predicted molar refractivity (Wildman–Crippen MR) is 127 cm³/mol. The van der Waals surface area contributed by atoms with Crippen molar-refractivity contribution in [3.63, 3.8) is 0 Å². The topological polar surface area (TPSA) is 103 Å². The molecule has 0 atom stereocenters. The number of Topliss-reactive ketones (excluding diaryl/α,β-unsaturated/α-hetero) is 1. The molecule has 0 unspecified atom stereocenters. The van der Waals surface area contributed by atoms with Gasteiger partial charge in [0.05, 0.1) is 12.7 Å². The van der Waals surface area contributed by atoms with E-state index < -0.39 is 0 Å². The van der Waals surface area contributed by atoms with Gasteiger partial charge in [-0.15, -0.1) is 0 Å². The third-order valence-corrected chi connectivity index (χ3v) is 4.84. The number of hydrogen-bond acceptors (Lipinski definition) is 6. The Morgan fingerprint density at radius 3 is 2.31 bits per heavy atom. The van der Waals surface area contributed by atoms with Gasteiger partial charge in [-0.1, -0.05) is 30.3 Å². The summed E-state index contributed by atoms with van der Waals surface area (Å²) < 4.78 is 11.6. The number of amides is 1. The molecule has 0 spiro atoms. The van der Waals surface area contributed by atoms with Crippen molar-refractivity contribution >= 4 is 17.9 Å². The molecular weight excluding hydrogens is 406 g/mol. The lowest BCUT2D eigenvalue weighted by Crippen LogP contribution is -2.18. The smallest absolute Gasteiger partial charge is 0.221 e. The van der Waals surface area contributed by atoms with Gasteiger partial charge < -0.3 is 14.8 Å². The summed E-state index contributed by atoms with van der Waals surface area (Å²) in [6, 6.07) is 19.6. The Bertz CT molecular complexity index is 1040. The minimum atomic E-state index is 0.0654. The number of carbonyl (C=O) groups excluding carboxylic acids is 2. The lowest BCUT2D eigenvalue weighted by molar-refractivity contribution is -0.109. The van der Waals surface area contributed by atoms with E-state index in [0.717, 1.165) is 39.4 Å². The van der Waals surface area contributed by atoms with Crippen molar-refractivity contribution in [3.8, 4) is 22.6 Å². The van der Waals surface area contributed by atoms with E-state index in [1.165, 1.54) is 0 Å². The van der Waals surface area contributed by atoms with E-state index in [1.54, 1.807) is 19.5 Å². The molecule has 0 aliphatic carbocycles. The quantitative estimate of drug-likeness (QED) is 0.162. The first-order valence-electron chi connectivity index (χ1n) is 10.0. The maximum Gasteiger partial charge on any atom is 0.221 e. The number of nitrogens with one attached hydrogen (secondary N) is 2. The standard InChI is InChI=1S/C24H25NO3.CH4N2O/c1-16-13-20(19-8-5-7-18(14-19)17(2)26)11-12-23(16)28-15-21-22(25-3)9-6-10-24(21)27-4;2-3-1-4/h5-14,25H,15H2,1-4H3;1H,2H2,(H,3,4). The Hall–Kier alpha value is -3.84. The van der Waals surface area contributed by atoms with Gasteiger partial charge in [0.25, 0.3) is 0 Å². The summed E-state index contributed by atoms with van der Waals surface area (Å²) in [5.74, 6) is 6.09. The number of benzene rings is 3. The van der Waals surface area contributed by atoms with Crippen LogP contribution in [-0.4, -0.2) is 26.4 Å². The van der Waals surface area contributed by atoms with Crippen LogP contribution in [0.3, 0.4) is 0 Å². The number of ether oxygens (including phenoxy) is 2. The Kier molecular flexibility index (Phi) is 9.25. The molecule has 168 valence electrons. The fraction of sp³-hybridized carbons (Fsp3) is 0.200. The molecule has 0 aromatic heterocycles. The van der Waals surface area contributed by atoms with E-state index in [2.05, 4.69) is 17.2 Å². The van der Waals surface area contributed by atoms with Gasteiger partial charge in [0.1, 0.15) is 18.1 Å². The highest BCUT2D eigenvalue weighted by molar-refractivity contribution is 5.95. The number of hydrogen-bond donors (Lipinski definition) is 3. The van der Waals surface area contributed by atoms with Crippen LogP contribution >= 0.6 is 0 Å². The Morgan fingerprint density at radius 2 is 1.72 bits per heavy atom. The Balaban J connectivity index is 0.000000837. The molecule has 0 heterocycles.